The topological polar surface area (TPSA) is 0 Å². The first kappa shape index (κ1) is 9.01. The van der Waals surface area contributed by atoms with Gasteiger partial charge in [-0.3, -0.25) is 0 Å². The summed E-state index contributed by atoms with van der Waals surface area (Å²) in [5.41, 5.74) is 0. The standard InChI is InChI=1S/C10H12Br2/c1-2-7-5-3-4-6-8-9(7)10(8,11)12/h3-9H,2H2,1H3. The van der Waals surface area contributed by atoms with Crippen molar-refractivity contribution in [2.75, 3.05) is 0 Å². The number of rotatable bonds is 1. The maximum Gasteiger partial charge on any atom is 0.0911 e. The molecule has 12 heavy (non-hydrogen) atoms. The molecule has 0 saturated heterocycles. The average molecular weight is 292 g/mol. The lowest BCUT2D eigenvalue weighted by Gasteiger charge is -2.08. The van der Waals surface area contributed by atoms with Crippen LogP contribution in [-0.2, 0) is 0 Å². The van der Waals surface area contributed by atoms with E-state index in [4.69, 9.17) is 0 Å². The molecule has 0 amide bonds. The highest BCUT2D eigenvalue weighted by atomic mass is 79.9. The summed E-state index contributed by atoms with van der Waals surface area (Å²) in [6, 6.07) is 0. The van der Waals surface area contributed by atoms with Crippen molar-refractivity contribution in [3.05, 3.63) is 24.3 Å². The van der Waals surface area contributed by atoms with E-state index in [2.05, 4.69) is 63.1 Å². The van der Waals surface area contributed by atoms with Crippen LogP contribution in [0.1, 0.15) is 13.3 Å². The van der Waals surface area contributed by atoms with Gasteiger partial charge in [-0.15, -0.1) is 0 Å². The second-order valence-corrected chi connectivity index (χ2v) is 7.26. The van der Waals surface area contributed by atoms with Crippen LogP contribution in [-0.4, -0.2) is 3.23 Å². The van der Waals surface area contributed by atoms with Crippen LogP contribution in [0, 0.1) is 17.8 Å². The van der Waals surface area contributed by atoms with Crippen molar-refractivity contribution < 1.29 is 0 Å². The zero-order chi connectivity index (χ0) is 8.77. The lowest BCUT2D eigenvalue weighted by atomic mass is 10.00. The van der Waals surface area contributed by atoms with E-state index in [1.54, 1.807) is 0 Å². The number of hydrogen-bond donors (Lipinski definition) is 0. The Hall–Kier alpha value is 0.440. The molecule has 2 rings (SSSR count). The van der Waals surface area contributed by atoms with E-state index in [1.165, 1.54) is 6.42 Å². The van der Waals surface area contributed by atoms with Crippen LogP contribution in [0.3, 0.4) is 0 Å². The number of halogens is 2. The smallest absolute Gasteiger partial charge is 0.0811 e. The van der Waals surface area contributed by atoms with Gasteiger partial charge < -0.3 is 0 Å². The van der Waals surface area contributed by atoms with Crippen LogP contribution in [0.25, 0.3) is 0 Å². The Labute approximate surface area is 90.4 Å². The SMILES string of the molecule is CCC1C=CC=CC2C1C2(Br)Br. The molecule has 3 unspecified atom stereocenters. The predicted molar refractivity (Wildman–Crippen MR) is 59.6 cm³/mol. The predicted octanol–water partition coefficient (Wildman–Crippen LogP) is 3.87. The third-order valence-corrected chi connectivity index (χ3v) is 5.00. The molecule has 0 N–H and O–H groups in total. The van der Waals surface area contributed by atoms with E-state index in [9.17, 15) is 0 Å². The van der Waals surface area contributed by atoms with Gasteiger partial charge in [-0.2, -0.15) is 0 Å². The van der Waals surface area contributed by atoms with E-state index in [0.717, 1.165) is 11.8 Å². The molecule has 3 atom stereocenters. The Morgan fingerprint density at radius 1 is 1.25 bits per heavy atom. The highest BCUT2D eigenvalue weighted by Gasteiger charge is 2.62. The zero-order valence-electron chi connectivity index (χ0n) is 7.00. The summed E-state index contributed by atoms with van der Waals surface area (Å²) in [5.74, 6) is 2.15. The van der Waals surface area contributed by atoms with Crippen LogP contribution in [0.4, 0.5) is 0 Å². The molecule has 0 spiro atoms. The molecule has 0 heterocycles. The first-order chi connectivity index (χ1) is 5.68. The molecule has 0 aliphatic heterocycles. The summed E-state index contributed by atoms with van der Waals surface area (Å²) >= 11 is 7.45. The van der Waals surface area contributed by atoms with Crippen LogP contribution in [0.5, 0.6) is 0 Å². The molecule has 0 aromatic rings. The van der Waals surface area contributed by atoms with Gasteiger partial charge in [-0.05, 0) is 18.3 Å². The molecule has 0 aromatic carbocycles. The number of hydrogen-bond acceptors (Lipinski definition) is 0. The Morgan fingerprint density at radius 2 is 1.92 bits per heavy atom. The quantitative estimate of drug-likeness (QED) is 0.644. The van der Waals surface area contributed by atoms with Crippen LogP contribution in [0.2, 0.25) is 0 Å². The number of allylic oxidation sites excluding steroid dienone is 4. The molecule has 1 saturated carbocycles. The van der Waals surface area contributed by atoms with Gasteiger partial charge in [0, 0.05) is 5.92 Å². The zero-order valence-corrected chi connectivity index (χ0v) is 10.2. The van der Waals surface area contributed by atoms with Crippen LogP contribution >= 0.6 is 31.9 Å². The summed E-state index contributed by atoms with van der Waals surface area (Å²) in [5, 5.41) is 0. The first-order valence-electron chi connectivity index (χ1n) is 4.40. The molecule has 0 aromatic heterocycles. The molecule has 66 valence electrons. The van der Waals surface area contributed by atoms with Gasteiger partial charge in [-0.1, -0.05) is 63.1 Å². The Morgan fingerprint density at radius 3 is 2.58 bits per heavy atom. The van der Waals surface area contributed by atoms with Gasteiger partial charge in [0.15, 0.2) is 0 Å². The average Bonchev–Trinajstić information content (AvgIpc) is 2.64. The Balaban J connectivity index is 2.21. The van der Waals surface area contributed by atoms with E-state index < -0.39 is 0 Å². The fourth-order valence-electron chi connectivity index (χ4n) is 2.08. The van der Waals surface area contributed by atoms with Crippen molar-refractivity contribution in [3.8, 4) is 0 Å². The van der Waals surface area contributed by atoms with Gasteiger partial charge in [0.05, 0.1) is 3.23 Å². The molecule has 2 aliphatic carbocycles. The summed E-state index contributed by atoms with van der Waals surface area (Å²) in [4.78, 5) is 0. The fourth-order valence-corrected chi connectivity index (χ4v) is 3.93. The third-order valence-electron chi connectivity index (χ3n) is 2.89. The van der Waals surface area contributed by atoms with Crippen LogP contribution in [0.15, 0.2) is 24.3 Å². The minimum atomic E-state index is 0.196. The maximum absolute atomic E-state index is 3.73. The summed E-state index contributed by atoms with van der Waals surface area (Å²) in [7, 11) is 0. The lowest BCUT2D eigenvalue weighted by molar-refractivity contribution is 0.534. The van der Waals surface area contributed by atoms with Crippen molar-refractivity contribution in [1.82, 2.24) is 0 Å². The van der Waals surface area contributed by atoms with Crippen LogP contribution < -0.4 is 0 Å². The molecular formula is C10H12Br2. The summed E-state index contributed by atoms with van der Waals surface area (Å²) in [6.07, 6.45) is 10.2. The van der Waals surface area contributed by atoms with Crippen molar-refractivity contribution >= 4 is 31.9 Å². The number of alkyl halides is 2. The normalized spacial score (nSPS) is 42.1. The van der Waals surface area contributed by atoms with Crippen molar-refractivity contribution in [3.63, 3.8) is 0 Å². The largest absolute Gasteiger partial charge is 0.0911 e. The highest BCUT2D eigenvalue weighted by Crippen LogP contribution is 2.66. The summed E-state index contributed by atoms with van der Waals surface area (Å²) in [6.45, 7) is 2.26. The highest BCUT2D eigenvalue weighted by molar-refractivity contribution is 9.25. The van der Waals surface area contributed by atoms with E-state index in [-0.39, 0.29) is 3.23 Å². The second-order valence-electron chi connectivity index (χ2n) is 3.57. The Kier molecular flexibility index (Phi) is 2.24. The summed E-state index contributed by atoms with van der Waals surface area (Å²) < 4.78 is 0.196. The monoisotopic (exact) mass is 290 g/mol. The minimum absolute atomic E-state index is 0.196. The third kappa shape index (κ3) is 1.24. The van der Waals surface area contributed by atoms with E-state index in [1.807, 2.05) is 0 Å². The van der Waals surface area contributed by atoms with Gasteiger partial charge in [0.2, 0.25) is 0 Å². The molecule has 2 aliphatic rings. The van der Waals surface area contributed by atoms with Gasteiger partial charge in [-0.25, -0.2) is 0 Å². The molecule has 0 nitrogen and oxygen atoms in total. The van der Waals surface area contributed by atoms with Crippen molar-refractivity contribution in [1.29, 1.82) is 0 Å². The lowest BCUT2D eigenvalue weighted by Crippen LogP contribution is -2.02. The van der Waals surface area contributed by atoms with Gasteiger partial charge in [0.1, 0.15) is 0 Å². The van der Waals surface area contributed by atoms with Crippen molar-refractivity contribution in [2.45, 2.75) is 16.6 Å². The van der Waals surface area contributed by atoms with Gasteiger partial charge in [0.25, 0.3) is 0 Å². The minimum Gasteiger partial charge on any atom is -0.0811 e. The van der Waals surface area contributed by atoms with E-state index in [0.29, 0.717) is 5.92 Å². The number of fused-ring (bicyclic) bond motifs is 1. The first-order valence-corrected chi connectivity index (χ1v) is 5.99. The van der Waals surface area contributed by atoms with Crippen molar-refractivity contribution in [2.24, 2.45) is 17.8 Å². The molecule has 0 bridgehead atoms. The molecule has 1 fully saturated rings. The van der Waals surface area contributed by atoms with Gasteiger partial charge >= 0.3 is 0 Å². The molecule has 0 radical (unpaired) electrons. The Bertz CT molecular complexity index is 240. The fraction of sp³-hybridized carbons (Fsp3) is 0.600. The second kappa shape index (κ2) is 2.98. The maximum atomic E-state index is 3.73. The van der Waals surface area contributed by atoms with E-state index >= 15 is 0 Å². The molecule has 2 heteroatoms. The molecular weight excluding hydrogens is 280 g/mol.